The van der Waals surface area contributed by atoms with Crippen molar-refractivity contribution in [2.24, 2.45) is 0 Å². The van der Waals surface area contributed by atoms with Crippen LogP contribution in [-0.4, -0.2) is 25.7 Å². The molecule has 2 atom stereocenters. The van der Waals surface area contributed by atoms with Crippen molar-refractivity contribution >= 4 is 5.97 Å². The van der Waals surface area contributed by atoms with Gasteiger partial charge in [-0.05, 0) is 18.4 Å². The van der Waals surface area contributed by atoms with Gasteiger partial charge in [0.2, 0.25) is 0 Å². The molecule has 0 aliphatic rings. The minimum atomic E-state index is -0.169. The third-order valence-corrected chi connectivity index (χ3v) is 2.84. The molecule has 0 aliphatic heterocycles. The van der Waals surface area contributed by atoms with Gasteiger partial charge < -0.3 is 10.1 Å². The van der Waals surface area contributed by atoms with E-state index in [-0.39, 0.29) is 12.0 Å². The number of nitrogens with one attached hydrogen (secondary N) is 1. The molecule has 0 amide bonds. The number of hydrogen-bond acceptors (Lipinski definition) is 3. The third-order valence-electron chi connectivity index (χ3n) is 2.84. The van der Waals surface area contributed by atoms with Gasteiger partial charge in [-0.3, -0.25) is 4.79 Å². The summed E-state index contributed by atoms with van der Waals surface area (Å²) in [6.07, 6.45) is 0.415. The lowest BCUT2D eigenvalue weighted by atomic mass is 10.0. The zero-order valence-electron chi connectivity index (χ0n) is 10.8. The van der Waals surface area contributed by atoms with E-state index in [9.17, 15) is 4.79 Å². The van der Waals surface area contributed by atoms with Crippen LogP contribution in [0.2, 0.25) is 0 Å². The van der Waals surface area contributed by atoms with Gasteiger partial charge in [-0.25, -0.2) is 0 Å². The molecule has 3 nitrogen and oxygen atoms in total. The number of carbonyl (C=O) groups is 1. The maximum Gasteiger partial charge on any atom is 0.307 e. The highest BCUT2D eigenvalue weighted by Crippen LogP contribution is 2.13. The van der Waals surface area contributed by atoms with Crippen molar-refractivity contribution in [1.29, 1.82) is 0 Å². The summed E-state index contributed by atoms with van der Waals surface area (Å²) in [5, 5.41) is 3.35. The van der Waals surface area contributed by atoms with Crippen LogP contribution in [0, 0.1) is 0 Å². The number of hydrogen-bond donors (Lipinski definition) is 1. The lowest BCUT2D eigenvalue weighted by Crippen LogP contribution is -2.31. The summed E-state index contributed by atoms with van der Waals surface area (Å²) >= 11 is 0. The molecule has 17 heavy (non-hydrogen) atoms. The van der Waals surface area contributed by atoms with Crippen molar-refractivity contribution in [2.75, 3.05) is 13.7 Å². The van der Waals surface area contributed by atoms with E-state index in [0.29, 0.717) is 12.3 Å². The summed E-state index contributed by atoms with van der Waals surface area (Å²) in [6, 6.07) is 10.5. The fourth-order valence-corrected chi connectivity index (χ4v) is 1.68. The number of ether oxygens (including phenoxy) is 1. The zero-order chi connectivity index (χ0) is 12.7. The summed E-state index contributed by atoms with van der Waals surface area (Å²) in [7, 11) is 1.42. The van der Waals surface area contributed by atoms with Crippen LogP contribution in [0.3, 0.4) is 0 Å². The lowest BCUT2D eigenvalue weighted by molar-refractivity contribution is -0.141. The molecule has 1 aromatic rings. The first kappa shape index (κ1) is 13.7. The van der Waals surface area contributed by atoms with Crippen LogP contribution in [0.5, 0.6) is 0 Å². The Morgan fingerprint density at radius 1 is 1.29 bits per heavy atom. The van der Waals surface area contributed by atoms with E-state index in [1.54, 1.807) is 0 Å². The molecule has 0 saturated carbocycles. The molecule has 2 unspecified atom stereocenters. The second-order valence-electron chi connectivity index (χ2n) is 4.40. The average molecular weight is 235 g/mol. The van der Waals surface area contributed by atoms with Crippen LogP contribution in [0.4, 0.5) is 0 Å². The SMILES string of the molecule is COC(=O)CC(C)NCC(C)c1ccccc1. The highest BCUT2D eigenvalue weighted by Gasteiger charge is 2.10. The van der Waals surface area contributed by atoms with Gasteiger partial charge in [0.1, 0.15) is 0 Å². The maximum atomic E-state index is 11.1. The van der Waals surface area contributed by atoms with Crippen molar-refractivity contribution in [3.63, 3.8) is 0 Å². The number of benzene rings is 1. The van der Waals surface area contributed by atoms with Crippen molar-refractivity contribution in [2.45, 2.75) is 32.2 Å². The molecule has 0 bridgehead atoms. The quantitative estimate of drug-likeness (QED) is 0.769. The Bertz CT molecular complexity index is 337. The highest BCUT2D eigenvalue weighted by molar-refractivity contribution is 5.69. The van der Waals surface area contributed by atoms with Gasteiger partial charge in [0.15, 0.2) is 0 Å². The first-order valence-electron chi connectivity index (χ1n) is 5.98. The third kappa shape index (κ3) is 5.00. The number of esters is 1. The van der Waals surface area contributed by atoms with E-state index in [1.165, 1.54) is 12.7 Å². The van der Waals surface area contributed by atoms with Crippen LogP contribution in [0.25, 0.3) is 0 Å². The lowest BCUT2D eigenvalue weighted by Gasteiger charge is -2.17. The normalized spacial score (nSPS) is 14.1. The Hall–Kier alpha value is -1.35. The van der Waals surface area contributed by atoms with Crippen LogP contribution < -0.4 is 5.32 Å². The van der Waals surface area contributed by atoms with Gasteiger partial charge in [0.05, 0.1) is 13.5 Å². The molecule has 0 heterocycles. The van der Waals surface area contributed by atoms with Crippen LogP contribution in [-0.2, 0) is 9.53 Å². The second kappa shape index (κ2) is 7.07. The van der Waals surface area contributed by atoms with E-state index in [2.05, 4.69) is 29.1 Å². The number of carbonyl (C=O) groups excluding carboxylic acids is 1. The topological polar surface area (TPSA) is 38.3 Å². The Labute approximate surface area is 103 Å². The Balaban J connectivity index is 2.33. The van der Waals surface area contributed by atoms with Crippen LogP contribution >= 0.6 is 0 Å². The second-order valence-corrected chi connectivity index (χ2v) is 4.40. The highest BCUT2D eigenvalue weighted by atomic mass is 16.5. The van der Waals surface area contributed by atoms with E-state index < -0.39 is 0 Å². The first-order chi connectivity index (χ1) is 8.13. The van der Waals surface area contributed by atoms with Crippen molar-refractivity contribution in [3.05, 3.63) is 35.9 Å². The average Bonchev–Trinajstić information content (AvgIpc) is 2.36. The minimum Gasteiger partial charge on any atom is -0.469 e. The van der Waals surface area contributed by atoms with E-state index >= 15 is 0 Å². The molecule has 1 rings (SSSR count). The molecule has 3 heteroatoms. The summed E-state index contributed by atoms with van der Waals surface area (Å²) in [4.78, 5) is 11.1. The predicted octanol–water partition coefficient (Wildman–Crippen LogP) is 2.33. The minimum absolute atomic E-state index is 0.147. The van der Waals surface area contributed by atoms with Crippen molar-refractivity contribution in [3.8, 4) is 0 Å². The molecule has 94 valence electrons. The van der Waals surface area contributed by atoms with Crippen LogP contribution in [0.15, 0.2) is 30.3 Å². The van der Waals surface area contributed by atoms with E-state index in [0.717, 1.165) is 6.54 Å². The van der Waals surface area contributed by atoms with Crippen molar-refractivity contribution < 1.29 is 9.53 Å². The largest absolute Gasteiger partial charge is 0.469 e. The molecule has 0 aliphatic carbocycles. The molecular weight excluding hydrogens is 214 g/mol. The first-order valence-corrected chi connectivity index (χ1v) is 5.98. The van der Waals surface area contributed by atoms with Gasteiger partial charge in [-0.2, -0.15) is 0 Å². The smallest absolute Gasteiger partial charge is 0.307 e. The predicted molar refractivity (Wildman–Crippen MR) is 69.0 cm³/mol. The summed E-state index contributed by atoms with van der Waals surface area (Å²) in [5.41, 5.74) is 1.31. The fraction of sp³-hybridized carbons (Fsp3) is 0.500. The van der Waals surface area contributed by atoms with Gasteiger partial charge >= 0.3 is 5.97 Å². The van der Waals surface area contributed by atoms with Gasteiger partial charge in [0.25, 0.3) is 0 Å². The molecule has 0 fully saturated rings. The molecule has 0 aromatic heterocycles. The summed E-state index contributed by atoms with van der Waals surface area (Å²) < 4.78 is 4.63. The Morgan fingerprint density at radius 3 is 2.53 bits per heavy atom. The monoisotopic (exact) mass is 235 g/mol. The van der Waals surface area contributed by atoms with E-state index in [4.69, 9.17) is 0 Å². The van der Waals surface area contributed by atoms with Crippen molar-refractivity contribution in [1.82, 2.24) is 5.32 Å². The molecule has 1 N–H and O–H groups in total. The molecule has 0 spiro atoms. The molecule has 0 radical (unpaired) electrons. The summed E-state index contributed by atoms with van der Waals surface area (Å²) in [6.45, 7) is 5.03. The van der Waals surface area contributed by atoms with Gasteiger partial charge in [-0.1, -0.05) is 37.3 Å². The number of rotatable bonds is 6. The molecular formula is C14H21NO2. The Morgan fingerprint density at radius 2 is 1.94 bits per heavy atom. The van der Waals surface area contributed by atoms with Gasteiger partial charge in [0, 0.05) is 12.6 Å². The zero-order valence-corrected chi connectivity index (χ0v) is 10.8. The fourth-order valence-electron chi connectivity index (χ4n) is 1.68. The molecule has 0 saturated heterocycles. The maximum absolute atomic E-state index is 11.1. The molecule has 1 aromatic carbocycles. The number of methoxy groups -OCH3 is 1. The summed E-state index contributed by atoms with van der Waals surface area (Å²) in [5.74, 6) is 0.272. The van der Waals surface area contributed by atoms with Gasteiger partial charge in [-0.15, -0.1) is 0 Å². The van der Waals surface area contributed by atoms with Crippen LogP contribution in [0.1, 0.15) is 31.7 Å². The standard InChI is InChI=1S/C14H21NO2/c1-11(13-7-5-4-6-8-13)10-15-12(2)9-14(16)17-3/h4-8,11-12,15H,9-10H2,1-3H3. The Kier molecular flexibility index (Phi) is 5.70. The van der Waals surface area contributed by atoms with E-state index in [1.807, 2.05) is 25.1 Å².